The van der Waals surface area contributed by atoms with Gasteiger partial charge in [0.15, 0.2) is 0 Å². The number of aromatic nitrogens is 8. The van der Waals surface area contributed by atoms with E-state index in [2.05, 4.69) is 20.8 Å². The number of nitrogens with two attached hydrogens (primary N) is 1. The molecule has 0 saturated heterocycles. The van der Waals surface area contributed by atoms with Gasteiger partial charge in [-0.1, -0.05) is 6.07 Å². The first kappa shape index (κ1) is 39.0. The van der Waals surface area contributed by atoms with Crippen LogP contribution in [0.3, 0.4) is 0 Å². The van der Waals surface area contributed by atoms with Crippen molar-refractivity contribution in [2.75, 3.05) is 50.8 Å². The summed E-state index contributed by atoms with van der Waals surface area (Å²) in [5.41, 5.74) is 10.7. The fourth-order valence-corrected chi connectivity index (χ4v) is 7.16. The van der Waals surface area contributed by atoms with E-state index in [1.807, 2.05) is 55.0 Å². The van der Waals surface area contributed by atoms with Gasteiger partial charge in [0.05, 0.1) is 48.3 Å². The van der Waals surface area contributed by atoms with E-state index in [-0.39, 0.29) is 36.7 Å². The maximum absolute atomic E-state index is 13.8. The van der Waals surface area contributed by atoms with Crippen molar-refractivity contribution in [2.45, 2.75) is 66.2 Å². The van der Waals surface area contributed by atoms with Gasteiger partial charge >= 0.3 is 0 Å². The number of benzene rings is 2. The van der Waals surface area contributed by atoms with E-state index in [1.165, 1.54) is 0 Å². The zero-order chi connectivity index (χ0) is 40.2. The van der Waals surface area contributed by atoms with Gasteiger partial charge in [0, 0.05) is 32.3 Å². The minimum Gasteiger partial charge on any atom is -0.489 e. The van der Waals surface area contributed by atoms with Crippen molar-refractivity contribution in [2.24, 2.45) is 5.73 Å². The Labute approximate surface area is 328 Å². The molecule has 4 aromatic heterocycles. The molecule has 300 valence electrons. The summed E-state index contributed by atoms with van der Waals surface area (Å²) in [5.74, 6) is 0.341. The van der Waals surface area contributed by atoms with Crippen molar-refractivity contribution >= 4 is 51.7 Å². The number of hydrogen-bond donors (Lipinski definition) is 3. The molecule has 0 unspecified atom stereocenters. The van der Waals surface area contributed by atoms with Gasteiger partial charge in [-0.05, 0) is 76.9 Å². The number of nitrogens with one attached hydrogen (secondary N) is 2. The van der Waals surface area contributed by atoms with Crippen LogP contribution < -0.4 is 25.8 Å². The summed E-state index contributed by atoms with van der Waals surface area (Å²) in [6.07, 6.45) is 1.16. The van der Waals surface area contributed by atoms with Gasteiger partial charge in [0.1, 0.15) is 47.1 Å². The molecule has 0 saturated carbocycles. The van der Waals surface area contributed by atoms with Crippen LogP contribution in [0.5, 0.6) is 11.5 Å². The topological polar surface area (TPSA) is 209 Å². The Kier molecular flexibility index (Phi) is 11.5. The van der Waals surface area contributed by atoms with Crippen LogP contribution in [0.15, 0.2) is 42.5 Å². The summed E-state index contributed by atoms with van der Waals surface area (Å²) in [5, 5.41) is 14.9. The maximum atomic E-state index is 13.8. The molecule has 0 spiro atoms. The molecule has 1 atom stereocenters. The van der Waals surface area contributed by atoms with E-state index < -0.39 is 11.8 Å². The first-order valence-electron chi connectivity index (χ1n) is 19.0. The Morgan fingerprint density at radius 1 is 0.860 bits per heavy atom. The standard InChI is InChI=1S/C39H47N11O7/c1-6-48-29(18-23(3)45-48)36(52)43-38-42-28-20-25(35(40)51)21-32(56-17-16-55-15-14-54-5)33(28)47(38)13-9-10-26-22-57-31-12-8-11-27-34(31)50(26)39(41-27)44-37(53)30-19-24(4)46-49(30)7-2/h8,11-12,18-21,26H,6-7,9-10,13-17,22H2,1-5H3,(H2,40,51)(H,41,44,53)(H,42,43,52)/t26-/m0/s1. The molecule has 0 aliphatic carbocycles. The molecule has 0 bridgehead atoms. The third-order valence-corrected chi connectivity index (χ3v) is 9.72. The molecule has 0 fully saturated rings. The predicted octanol–water partition coefficient (Wildman–Crippen LogP) is 4.49. The summed E-state index contributed by atoms with van der Waals surface area (Å²) in [6.45, 7) is 10.5. The van der Waals surface area contributed by atoms with Gasteiger partial charge in [0.25, 0.3) is 11.8 Å². The average molecular weight is 782 g/mol. The lowest BCUT2D eigenvalue weighted by atomic mass is 10.1. The molecule has 4 N–H and O–H groups in total. The number of aryl methyl sites for hydroxylation is 5. The van der Waals surface area contributed by atoms with Crippen molar-refractivity contribution in [3.8, 4) is 11.5 Å². The number of anilines is 2. The Morgan fingerprint density at radius 3 is 2.19 bits per heavy atom. The number of para-hydroxylation sites is 1. The minimum atomic E-state index is -0.651. The molecule has 1 aliphatic heterocycles. The highest BCUT2D eigenvalue weighted by Gasteiger charge is 2.29. The molecule has 5 heterocycles. The number of fused-ring (bicyclic) bond motifs is 1. The van der Waals surface area contributed by atoms with E-state index in [1.54, 1.807) is 40.7 Å². The Hall–Kier alpha value is -6.27. The fourth-order valence-electron chi connectivity index (χ4n) is 7.16. The molecule has 2 aromatic carbocycles. The summed E-state index contributed by atoms with van der Waals surface area (Å²) in [7, 11) is 1.60. The molecule has 3 amide bonds. The molecular weight excluding hydrogens is 734 g/mol. The van der Waals surface area contributed by atoms with Gasteiger partial charge < -0.3 is 33.8 Å². The summed E-state index contributed by atoms with van der Waals surface area (Å²) in [6, 6.07) is 12.1. The van der Waals surface area contributed by atoms with Crippen LogP contribution in [-0.2, 0) is 29.1 Å². The Bertz CT molecular complexity index is 2440. The second kappa shape index (κ2) is 16.8. The quantitative estimate of drug-likeness (QED) is 0.103. The van der Waals surface area contributed by atoms with Crippen LogP contribution in [0.1, 0.15) is 75.5 Å². The third-order valence-electron chi connectivity index (χ3n) is 9.72. The van der Waals surface area contributed by atoms with Crippen LogP contribution in [0.25, 0.3) is 22.1 Å². The van der Waals surface area contributed by atoms with Crippen molar-refractivity contribution in [1.29, 1.82) is 0 Å². The molecule has 18 heteroatoms. The predicted molar refractivity (Wildman–Crippen MR) is 211 cm³/mol. The molecular formula is C39H47N11O7. The summed E-state index contributed by atoms with van der Waals surface area (Å²) in [4.78, 5) is 49.4. The van der Waals surface area contributed by atoms with Crippen LogP contribution in [0.2, 0.25) is 0 Å². The van der Waals surface area contributed by atoms with Gasteiger partial charge in [-0.25, -0.2) is 9.97 Å². The first-order chi connectivity index (χ1) is 27.6. The van der Waals surface area contributed by atoms with E-state index >= 15 is 0 Å². The number of rotatable bonds is 18. The van der Waals surface area contributed by atoms with Gasteiger partial charge in [-0.3, -0.25) is 34.4 Å². The highest BCUT2D eigenvalue weighted by Crippen LogP contribution is 2.38. The fraction of sp³-hybridized carbons (Fsp3) is 0.410. The molecule has 7 rings (SSSR count). The summed E-state index contributed by atoms with van der Waals surface area (Å²) < 4.78 is 30.3. The number of primary amides is 1. The first-order valence-corrected chi connectivity index (χ1v) is 19.0. The van der Waals surface area contributed by atoms with Gasteiger partial charge in [-0.2, -0.15) is 10.2 Å². The van der Waals surface area contributed by atoms with E-state index in [0.29, 0.717) is 103 Å². The second-order valence-electron chi connectivity index (χ2n) is 13.7. The number of carbonyl (C=O) groups is 3. The number of imidazole rings is 2. The summed E-state index contributed by atoms with van der Waals surface area (Å²) >= 11 is 0. The number of amides is 3. The van der Waals surface area contributed by atoms with Crippen molar-refractivity contribution in [1.82, 2.24) is 38.7 Å². The normalized spacial score (nSPS) is 13.6. The molecule has 0 radical (unpaired) electrons. The minimum absolute atomic E-state index is 0.172. The third kappa shape index (κ3) is 8.04. The van der Waals surface area contributed by atoms with Crippen molar-refractivity contribution in [3.05, 3.63) is 70.8 Å². The largest absolute Gasteiger partial charge is 0.489 e. The average Bonchev–Trinajstić information content (AvgIpc) is 3.97. The number of nitrogens with zero attached hydrogens (tertiary/aromatic N) is 8. The van der Waals surface area contributed by atoms with Gasteiger partial charge in [-0.15, -0.1) is 0 Å². The van der Waals surface area contributed by atoms with Crippen LogP contribution in [0, 0.1) is 13.8 Å². The maximum Gasteiger partial charge on any atom is 0.276 e. The van der Waals surface area contributed by atoms with E-state index in [9.17, 15) is 14.4 Å². The monoisotopic (exact) mass is 781 g/mol. The Balaban J connectivity index is 1.21. The molecule has 18 nitrogen and oxygen atoms in total. The molecule has 57 heavy (non-hydrogen) atoms. The highest BCUT2D eigenvalue weighted by atomic mass is 16.5. The number of carbonyl (C=O) groups excluding carboxylic acids is 3. The van der Waals surface area contributed by atoms with Crippen molar-refractivity contribution < 1.29 is 33.3 Å². The van der Waals surface area contributed by atoms with Crippen molar-refractivity contribution in [3.63, 3.8) is 0 Å². The zero-order valence-electron chi connectivity index (χ0n) is 32.7. The smallest absolute Gasteiger partial charge is 0.276 e. The van der Waals surface area contributed by atoms with E-state index in [0.717, 1.165) is 11.2 Å². The van der Waals surface area contributed by atoms with E-state index in [4.69, 9.17) is 34.6 Å². The number of methoxy groups -OCH3 is 1. The number of ether oxygens (including phenoxy) is 4. The lowest BCUT2D eigenvalue weighted by Gasteiger charge is -2.27. The zero-order valence-corrected chi connectivity index (χ0v) is 32.7. The lowest BCUT2D eigenvalue weighted by molar-refractivity contribution is 0.0546. The Morgan fingerprint density at radius 2 is 1.53 bits per heavy atom. The van der Waals surface area contributed by atoms with Crippen LogP contribution >= 0.6 is 0 Å². The molecule has 6 aromatic rings. The van der Waals surface area contributed by atoms with Crippen LogP contribution in [0.4, 0.5) is 11.9 Å². The van der Waals surface area contributed by atoms with Gasteiger partial charge in [0.2, 0.25) is 17.8 Å². The highest BCUT2D eigenvalue weighted by molar-refractivity contribution is 6.05. The molecule has 1 aliphatic rings. The number of hydrogen-bond acceptors (Lipinski definition) is 11. The SMILES string of the molecule is CCn1nc(C)cc1C(=O)Nc1nc2cc(C(N)=O)cc(OCCOCCOC)c2n1CCC[C@H]1COc2cccc3nc(NC(=O)c4cc(C)nn4CC)n1c23. The second-order valence-corrected chi connectivity index (χ2v) is 13.7. The van der Waals surface area contributed by atoms with Crippen LogP contribution in [-0.4, -0.2) is 96.5 Å². The lowest BCUT2D eigenvalue weighted by Crippen LogP contribution is -2.26.